The average Bonchev–Trinajstić information content (AvgIpc) is 2.15. The highest BCUT2D eigenvalue weighted by Gasteiger charge is 2.29. The number of carboxylic acid groups (broad SMARTS) is 1. The third-order valence-electron chi connectivity index (χ3n) is 2.06. The minimum absolute atomic E-state index is 0.0221. The molecule has 0 amide bonds. The zero-order valence-electron chi connectivity index (χ0n) is 9.75. The van der Waals surface area contributed by atoms with E-state index >= 15 is 0 Å². The Balaban J connectivity index is 5.03. The van der Waals surface area contributed by atoms with E-state index in [1.807, 2.05) is 0 Å². The lowest BCUT2D eigenvalue weighted by atomic mass is 10.4. The Bertz CT molecular complexity index is 351. The van der Waals surface area contributed by atoms with E-state index in [9.17, 15) is 13.2 Å². The number of hydrogen-bond acceptors (Lipinski definition) is 3. The highest BCUT2D eigenvalue weighted by atomic mass is 32.2. The second-order valence-electron chi connectivity index (χ2n) is 3.59. The molecule has 0 aromatic heterocycles. The van der Waals surface area contributed by atoms with E-state index in [1.54, 1.807) is 13.8 Å². The number of rotatable bonds is 7. The molecule has 0 spiro atoms. The molecule has 0 atom stereocenters. The summed E-state index contributed by atoms with van der Waals surface area (Å²) in [6.07, 6.45) is 1.36. The van der Waals surface area contributed by atoms with Crippen LogP contribution in [0, 0.1) is 0 Å². The highest BCUT2D eigenvalue weighted by molar-refractivity contribution is 7.86. The Labute approximate surface area is 96.3 Å². The second-order valence-corrected chi connectivity index (χ2v) is 5.58. The zero-order chi connectivity index (χ0) is 12.9. The van der Waals surface area contributed by atoms with Gasteiger partial charge in [0, 0.05) is 19.6 Å². The lowest BCUT2D eigenvalue weighted by Gasteiger charge is -2.27. The van der Waals surface area contributed by atoms with Crippen molar-refractivity contribution in [2.24, 2.45) is 0 Å². The van der Waals surface area contributed by atoms with Gasteiger partial charge in [-0.1, -0.05) is 6.08 Å². The normalized spacial score (nSPS) is 12.4. The lowest BCUT2D eigenvalue weighted by Crippen LogP contribution is -2.46. The van der Waals surface area contributed by atoms with Crippen LogP contribution in [0.4, 0.5) is 0 Å². The fourth-order valence-electron chi connectivity index (χ4n) is 0.984. The van der Waals surface area contributed by atoms with Crippen molar-refractivity contribution in [3.05, 3.63) is 12.7 Å². The second kappa shape index (κ2) is 5.97. The Morgan fingerprint density at radius 1 is 1.50 bits per heavy atom. The van der Waals surface area contributed by atoms with Crippen molar-refractivity contribution in [3.8, 4) is 0 Å². The molecule has 0 bridgehead atoms. The smallest absolute Gasteiger partial charge is 0.318 e. The van der Waals surface area contributed by atoms with Crippen LogP contribution in [0.2, 0.25) is 0 Å². The molecule has 0 saturated carbocycles. The van der Waals surface area contributed by atoms with Gasteiger partial charge in [0.25, 0.3) is 10.2 Å². The molecule has 0 fully saturated rings. The van der Waals surface area contributed by atoms with Gasteiger partial charge in [-0.25, -0.2) is 0 Å². The van der Waals surface area contributed by atoms with E-state index in [0.717, 1.165) is 8.61 Å². The summed E-state index contributed by atoms with van der Waals surface area (Å²) in [7, 11) is -2.33. The summed E-state index contributed by atoms with van der Waals surface area (Å²) in [5.41, 5.74) is 0. The van der Waals surface area contributed by atoms with Gasteiger partial charge in [0.15, 0.2) is 0 Å². The van der Waals surface area contributed by atoms with Crippen LogP contribution in [0.1, 0.15) is 13.8 Å². The third kappa shape index (κ3) is 3.92. The molecule has 0 aliphatic carbocycles. The van der Waals surface area contributed by atoms with Gasteiger partial charge in [0.1, 0.15) is 6.54 Å². The number of hydrogen-bond donors (Lipinski definition) is 1. The molecule has 6 nitrogen and oxygen atoms in total. The predicted octanol–water partition coefficient (Wildman–Crippen LogP) is 0.144. The van der Waals surface area contributed by atoms with Crippen LogP contribution in [0.3, 0.4) is 0 Å². The largest absolute Gasteiger partial charge is 0.480 e. The SMILES string of the molecule is C=CCN(CC(=O)O)S(=O)(=O)N(C)C(C)C. The molecule has 1 N–H and O–H groups in total. The minimum atomic E-state index is -3.74. The molecule has 0 unspecified atom stereocenters. The molecule has 0 aliphatic rings. The van der Waals surface area contributed by atoms with E-state index in [0.29, 0.717) is 0 Å². The fraction of sp³-hybridized carbons (Fsp3) is 0.667. The monoisotopic (exact) mass is 250 g/mol. The van der Waals surface area contributed by atoms with Crippen molar-refractivity contribution in [1.82, 2.24) is 8.61 Å². The molecule has 0 saturated heterocycles. The van der Waals surface area contributed by atoms with E-state index in [-0.39, 0.29) is 12.6 Å². The van der Waals surface area contributed by atoms with Crippen LogP contribution < -0.4 is 0 Å². The van der Waals surface area contributed by atoms with Crippen LogP contribution in [-0.4, -0.2) is 54.3 Å². The van der Waals surface area contributed by atoms with Gasteiger partial charge in [0.05, 0.1) is 0 Å². The Morgan fingerprint density at radius 2 is 2.00 bits per heavy atom. The third-order valence-corrected chi connectivity index (χ3v) is 4.14. The number of carbonyl (C=O) groups is 1. The predicted molar refractivity (Wildman–Crippen MR) is 61.2 cm³/mol. The molecule has 94 valence electrons. The van der Waals surface area contributed by atoms with Gasteiger partial charge in [-0.3, -0.25) is 4.79 Å². The first-order chi connectivity index (χ1) is 7.23. The van der Waals surface area contributed by atoms with Crippen LogP contribution in [0.25, 0.3) is 0 Å². The number of aliphatic carboxylic acids is 1. The molecule has 16 heavy (non-hydrogen) atoms. The molecule has 0 aromatic carbocycles. The van der Waals surface area contributed by atoms with Crippen LogP contribution in [-0.2, 0) is 15.0 Å². The molecule has 0 aliphatic heterocycles. The minimum Gasteiger partial charge on any atom is -0.480 e. The van der Waals surface area contributed by atoms with Crippen molar-refractivity contribution in [2.45, 2.75) is 19.9 Å². The summed E-state index contributed by atoms with van der Waals surface area (Å²) in [5, 5.41) is 8.64. The van der Waals surface area contributed by atoms with Gasteiger partial charge in [-0.2, -0.15) is 17.0 Å². The van der Waals surface area contributed by atoms with Gasteiger partial charge in [-0.15, -0.1) is 6.58 Å². The summed E-state index contributed by atoms with van der Waals surface area (Å²) in [6.45, 7) is 6.25. The Morgan fingerprint density at radius 3 is 2.31 bits per heavy atom. The van der Waals surface area contributed by atoms with Gasteiger partial charge in [0.2, 0.25) is 0 Å². The van der Waals surface area contributed by atoms with Gasteiger partial charge >= 0.3 is 5.97 Å². The molecule has 0 heterocycles. The zero-order valence-corrected chi connectivity index (χ0v) is 10.6. The van der Waals surface area contributed by atoms with Crippen molar-refractivity contribution < 1.29 is 18.3 Å². The number of nitrogens with zero attached hydrogens (tertiary/aromatic N) is 2. The van der Waals surface area contributed by atoms with Crippen molar-refractivity contribution >= 4 is 16.2 Å². The molecule has 7 heteroatoms. The van der Waals surface area contributed by atoms with Gasteiger partial charge in [-0.05, 0) is 13.8 Å². The van der Waals surface area contributed by atoms with Crippen LogP contribution in [0.5, 0.6) is 0 Å². The average molecular weight is 250 g/mol. The van der Waals surface area contributed by atoms with Gasteiger partial charge < -0.3 is 5.11 Å². The quantitative estimate of drug-likeness (QED) is 0.652. The first-order valence-electron chi connectivity index (χ1n) is 4.79. The summed E-state index contributed by atoms with van der Waals surface area (Å²) >= 11 is 0. The van der Waals surface area contributed by atoms with E-state index in [2.05, 4.69) is 6.58 Å². The molecule has 0 rings (SSSR count). The maximum absolute atomic E-state index is 11.9. The summed E-state index contributed by atoms with van der Waals surface area (Å²) in [5.74, 6) is -1.19. The van der Waals surface area contributed by atoms with E-state index in [1.165, 1.54) is 13.1 Å². The highest BCUT2D eigenvalue weighted by Crippen LogP contribution is 2.09. The topological polar surface area (TPSA) is 77.9 Å². The van der Waals surface area contributed by atoms with Crippen molar-refractivity contribution in [1.29, 1.82) is 0 Å². The van der Waals surface area contributed by atoms with E-state index in [4.69, 9.17) is 5.11 Å². The molecule has 0 aromatic rings. The fourth-order valence-corrected chi connectivity index (χ4v) is 2.45. The number of carboxylic acids is 1. The first kappa shape index (κ1) is 15.1. The van der Waals surface area contributed by atoms with Crippen molar-refractivity contribution in [3.63, 3.8) is 0 Å². The summed E-state index contributed by atoms with van der Waals surface area (Å²) in [6, 6.07) is -0.230. The van der Waals surface area contributed by atoms with Crippen molar-refractivity contribution in [2.75, 3.05) is 20.1 Å². The Kier molecular flexibility index (Phi) is 5.63. The summed E-state index contributed by atoms with van der Waals surface area (Å²) in [4.78, 5) is 10.6. The van der Waals surface area contributed by atoms with Crippen LogP contribution >= 0.6 is 0 Å². The van der Waals surface area contributed by atoms with E-state index < -0.39 is 22.7 Å². The Hall–Kier alpha value is -0.920. The first-order valence-corrected chi connectivity index (χ1v) is 6.19. The lowest BCUT2D eigenvalue weighted by molar-refractivity contribution is -0.137. The summed E-state index contributed by atoms with van der Waals surface area (Å²) < 4.78 is 25.9. The van der Waals surface area contributed by atoms with Crippen LogP contribution in [0.15, 0.2) is 12.7 Å². The maximum Gasteiger partial charge on any atom is 0.318 e. The standard InChI is InChI=1S/C9H18N2O4S/c1-5-6-11(7-9(12)13)16(14,15)10(4)8(2)3/h5,8H,1,6-7H2,2-4H3,(H,12,13). The molecule has 0 radical (unpaired) electrons. The molecular weight excluding hydrogens is 232 g/mol. The molecular formula is C9H18N2O4S. The maximum atomic E-state index is 11.9.